The van der Waals surface area contributed by atoms with E-state index in [-0.39, 0.29) is 51.0 Å². The smallest absolute Gasteiger partial charge is 0.410 e. The Morgan fingerprint density at radius 2 is 1.29 bits per heavy atom. The SMILES string of the molecule is CCCCNc1nc(N)c2[nH]c(=O)n(Cc3ccc(C(=O)NCC(=O)NCCCN(CCCCN(CCCNC(=O)[C@H](CSCCC)NC(=O)OC(C)(C)C)C(=O)OC(C)(C)C)C(=O)OC(C)(C)C)cc3)c2n1. The summed E-state index contributed by atoms with van der Waals surface area (Å²) in [6, 6.07) is 5.83. The van der Waals surface area contributed by atoms with E-state index in [9.17, 15) is 33.6 Å². The van der Waals surface area contributed by atoms with Crippen LogP contribution >= 0.6 is 11.8 Å². The molecular weight excluding hydrogens is 961 g/mol. The number of rotatable bonds is 28. The molecule has 22 nitrogen and oxygen atoms in total. The summed E-state index contributed by atoms with van der Waals surface area (Å²) in [4.78, 5) is 105. The first-order valence-electron chi connectivity index (χ1n) is 25.2. The Kier molecular flexibility index (Phi) is 24.6. The molecule has 23 heteroatoms. The van der Waals surface area contributed by atoms with Gasteiger partial charge in [0.1, 0.15) is 28.4 Å². The number of alkyl carbamates (subject to hydrolysis) is 1. The van der Waals surface area contributed by atoms with Crippen molar-refractivity contribution in [2.75, 3.05) is 74.9 Å². The highest BCUT2D eigenvalue weighted by Gasteiger charge is 2.27. The van der Waals surface area contributed by atoms with Crippen LogP contribution in [0.4, 0.5) is 26.1 Å². The number of anilines is 2. The van der Waals surface area contributed by atoms with Crippen LogP contribution in [0.25, 0.3) is 11.2 Å². The zero-order valence-electron chi connectivity index (χ0n) is 44.9. The molecule has 1 atom stereocenters. The summed E-state index contributed by atoms with van der Waals surface area (Å²) in [5, 5.41) is 14.1. The van der Waals surface area contributed by atoms with Gasteiger partial charge in [0, 0.05) is 57.1 Å². The van der Waals surface area contributed by atoms with Gasteiger partial charge in [-0.3, -0.25) is 19.0 Å². The lowest BCUT2D eigenvalue weighted by molar-refractivity contribution is -0.122. The van der Waals surface area contributed by atoms with Crippen molar-refractivity contribution in [2.45, 2.75) is 150 Å². The van der Waals surface area contributed by atoms with E-state index in [1.807, 2.05) is 6.92 Å². The van der Waals surface area contributed by atoms with E-state index in [1.165, 1.54) is 4.57 Å². The number of nitrogens with two attached hydrogens (primary N) is 1. The average molecular weight is 1040 g/mol. The third-order valence-electron chi connectivity index (χ3n) is 10.3. The van der Waals surface area contributed by atoms with Gasteiger partial charge in [0.2, 0.25) is 17.8 Å². The van der Waals surface area contributed by atoms with Gasteiger partial charge in [-0.25, -0.2) is 19.2 Å². The number of amides is 6. The molecule has 0 unspecified atom stereocenters. The van der Waals surface area contributed by atoms with Crippen molar-refractivity contribution in [3.05, 3.63) is 45.9 Å². The van der Waals surface area contributed by atoms with Crippen molar-refractivity contribution < 1.29 is 43.0 Å². The maximum Gasteiger partial charge on any atom is 0.410 e. The minimum atomic E-state index is -0.798. The number of aromatic nitrogens is 4. The Hall–Kier alpha value is -6.26. The summed E-state index contributed by atoms with van der Waals surface area (Å²) in [5.41, 5.74) is 5.25. The summed E-state index contributed by atoms with van der Waals surface area (Å²) < 4.78 is 18.2. The summed E-state index contributed by atoms with van der Waals surface area (Å²) in [5.74, 6) is 0.467. The van der Waals surface area contributed by atoms with Crippen LogP contribution in [0.5, 0.6) is 0 Å². The summed E-state index contributed by atoms with van der Waals surface area (Å²) in [6.45, 7) is 22.2. The van der Waals surface area contributed by atoms with Gasteiger partial charge in [0.05, 0.1) is 13.1 Å². The number of nitrogens with zero attached hydrogens (tertiary/aromatic N) is 5. The number of H-pyrrole nitrogens is 1. The number of carbonyl (C=O) groups excluding carboxylic acids is 6. The largest absolute Gasteiger partial charge is 0.444 e. The van der Waals surface area contributed by atoms with Crippen molar-refractivity contribution in [1.29, 1.82) is 0 Å². The molecule has 3 rings (SSSR count). The van der Waals surface area contributed by atoms with Crippen LogP contribution in [0.3, 0.4) is 0 Å². The minimum Gasteiger partial charge on any atom is -0.444 e. The number of thioether (sulfide) groups is 1. The molecule has 0 spiro atoms. The van der Waals surface area contributed by atoms with Crippen molar-refractivity contribution in [3.8, 4) is 0 Å². The molecular formula is C50H82N12O10S. The molecule has 3 aromatic rings. The van der Waals surface area contributed by atoms with E-state index >= 15 is 0 Å². The molecule has 8 N–H and O–H groups in total. The zero-order valence-corrected chi connectivity index (χ0v) is 45.7. The first kappa shape index (κ1) is 61.0. The Morgan fingerprint density at radius 3 is 1.84 bits per heavy atom. The van der Waals surface area contributed by atoms with Crippen molar-refractivity contribution >= 4 is 70.7 Å². The number of hydrogen-bond donors (Lipinski definition) is 7. The van der Waals surface area contributed by atoms with Crippen LogP contribution in [-0.2, 0) is 30.3 Å². The molecule has 0 radical (unpaired) electrons. The van der Waals surface area contributed by atoms with Gasteiger partial charge in [-0.1, -0.05) is 32.4 Å². The molecule has 2 heterocycles. The Balaban J connectivity index is 1.50. The standard InChI is InChI=1S/C50H82N12O10S/c1-12-14-23-54-43-58-39(51)38-40(59-43)62(44(66)57-38)32-34-19-21-35(22-20-34)41(64)55-31-37(63)52-24-17-28-60(46(68)71-49(6,7)8)26-15-16-27-61(47(69)72-50(9,10)11)29-18-25-53-42(65)36(33-73-30-13-2)56-45(67)70-48(3,4)5/h19-22,36H,12-18,23-33H2,1-11H3,(H,52,63)(H,53,65)(H,55,64)(H,56,67)(H,57,66)(H3,51,54,58,59)/t36-/m0/s1. The lowest BCUT2D eigenvalue weighted by Gasteiger charge is -2.29. The van der Waals surface area contributed by atoms with Gasteiger partial charge < -0.3 is 61.3 Å². The van der Waals surface area contributed by atoms with Crippen molar-refractivity contribution in [1.82, 2.24) is 50.6 Å². The number of ether oxygens (including phenoxy) is 3. The Bertz CT molecular complexity index is 2320. The molecule has 73 heavy (non-hydrogen) atoms. The van der Waals surface area contributed by atoms with Crippen molar-refractivity contribution in [2.24, 2.45) is 0 Å². The van der Waals surface area contributed by atoms with E-state index in [1.54, 1.807) is 108 Å². The summed E-state index contributed by atoms with van der Waals surface area (Å²) >= 11 is 1.56. The number of unbranched alkanes of at least 4 members (excludes halogenated alkanes) is 2. The average Bonchev–Trinajstić information content (AvgIpc) is 3.60. The maximum absolute atomic E-state index is 13.3. The van der Waals surface area contributed by atoms with Gasteiger partial charge in [0.15, 0.2) is 11.5 Å². The first-order chi connectivity index (χ1) is 34.3. The number of imidazole rings is 1. The fourth-order valence-electron chi connectivity index (χ4n) is 6.85. The zero-order chi connectivity index (χ0) is 54.4. The lowest BCUT2D eigenvalue weighted by atomic mass is 10.1. The molecule has 0 fully saturated rings. The number of fused-ring (bicyclic) bond motifs is 1. The van der Waals surface area contributed by atoms with Crippen LogP contribution < -0.4 is 38.0 Å². The van der Waals surface area contributed by atoms with Crippen LogP contribution in [0.1, 0.15) is 137 Å². The molecule has 1 aromatic carbocycles. The minimum absolute atomic E-state index is 0.155. The second-order valence-electron chi connectivity index (χ2n) is 20.6. The predicted octanol–water partition coefficient (Wildman–Crippen LogP) is 6.00. The number of nitrogens with one attached hydrogen (secondary N) is 6. The molecule has 0 aliphatic heterocycles. The highest BCUT2D eigenvalue weighted by atomic mass is 32.2. The second kappa shape index (κ2) is 29.4. The van der Waals surface area contributed by atoms with Gasteiger partial charge in [0.25, 0.3) is 5.91 Å². The van der Waals surface area contributed by atoms with Gasteiger partial charge >= 0.3 is 24.0 Å². The van der Waals surface area contributed by atoms with Crippen LogP contribution in [0.15, 0.2) is 29.1 Å². The van der Waals surface area contributed by atoms with Crippen LogP contribution in [0.2, 0.25) is 0 Å². The molecule has 0 aliphatic rings. The number of hydrogen-bond acceptors (Lipinski definition) is 15. The van der Waals surface area contributed by atoms with Crippen LogP contribution in [0, 0.1) is 0 Å². The highest BCUT2D eigenvalue weighted by molar-refractivity contribution is 7.99. The highest BCUT2D eigenvalue weighted by Crippen LogP contribution is 2.19. The van der Waals surface area contributed by atoms with Crippen molar-refractivity contribution in [3.63, 3.8) is 0 Å². The lowest BCUT2D eigenvalue weighted by Crippen LogP contribution is -2.50. The second-order valence-corrected chi connectivity index (χ2v) is 21.7. The van der Waals surface area contributed by atoms with Crippen LogP contribution in [-0.4, -0.2) is 152 Å². The summed E-state index contributed by atoms with van der Waals surface area (Å²) in [7, 11) is 0. The van der Waals surface area contributed by atoms with E-state index in [0.717, 1.165) is 30.6 Å². The molecule has 408 valence electrons. The fraction of sp³-hybridized carbons (Fsp3) is 0.660. The van der Waals surface area contributed by atoms with E-state index in [0.29, 0.717) is 73.7 Å². The number of carbonyl (C=O) groups is 6. The molecule has 2 aromatic heterocycles. The number of aromatic amines is 1. The summed E-state index contributed by atoms with van der Waals surface area (Å²) in [6.07, 6.45) is 2.99. The molecule has 0 bridgehead atoms. The Labute approximate surface area is 434 Å². The number of nitrogen functional groups attached to an aromatic ring is 1. The number of benzene rings is 1. The van der Waals surface area contributed by atoms with Gasteiger partial charge in [-0.15, -0.1) is 0 Å². The van der Waals surface area contributed by atoms with E-state index < -0.39 is 58.6 Å². The Morgan fingerprint density at radius 1 is 0.726 bits per heavy atom. The fourth-order valence-corrected chi connectivity index (χ4v) is 7.78. The molecule has 6 amide bonds. The van der Waals surface area contributed by atoms with Gasteiger partial charge in [-0.2, -0.15) is 21.7 Å². The molecule has 0 saturated heterocycles. The molecule has 0 saturated carbocycles. The topological polar surface area (TPSA) is 286 Å². The third kappa shape index (κ3) is 23.4. The van der Waals surface area contributed by atoms with E-state index in [4.69, 9.17) is 19.9 Å². The first-order valence-corrected chi connectivity index (χ1v) is 26.4. The predicted molar refractivity (Wildman–Crippen MR) is 285 cm³/mol. The normalized spacial score (nSPS) is 12.1. The quantitative estimate of drug-likeness (QED) is 0.0325. The third-order valence-corrected chi connectivity index (χ3v) is 11.6. The molecule has 0 aliphatic carbocycles. The monoisotopic (exact) mass is 1040 g/mol. The maximum atomic E-state index is 13.3. The van der Waals surface area contributed by atoms with E-state index in [2.05, 4.69) is 48.5 Å². The van der Waals surface area contributed by atoms with Gasteiger partial charge in [-0.05, 0) is 124 Å².